The highest BCUT2D eigenvalue weighted by Crippen LogP contribution is 2.06. The summed E-state index contributed by atoms with van der Waals surface area (Å²) in [4.78, 5) is 10.8. The average molecular weight is 202 g/mol. The molecule has 4 nitrogen and oxygen atoms in total. The van der Waals surface area contributed by atoms with E-state index < -0.39 is 0 Å². The number of nitrogens with two attached hydrogens (primary N) is 2. The van der Waals surface area contributed by atoms with E-state index in [1.165, 1.54) is 7.11 Å². The van der Waals surface area contributed by atoms with Gasteiger partial charge in [0, 0.05) is 18.5 Å². The fourth-order valence-electron chi connectivity index (χ4n) is 1.19. The maximum atomic E-state index is 10.8. The van der Waals surface area contributed by atoms with Gasteiger partial charge < -0.3 is 16.2 Å². The van der Waals surface area contributed by atoms with E-state index in [2.05, 4.69) is 4.74 Å². The van der Waals surface area contributed by atoms with Crippen molar-refractivity contribution >= 4 is 5.97 Å². The molecule has 0 rings (SSSR count). The van der Waals surface area contributed by atoms with Gasteiger partial charge in [-0.3, -0.25) is 4.79 Å². The first-order valence-corrected chi connectivity index (χ1v) is 5.16. The second-order valence-corrected chi connectivity index (χ2v) is 3.70. The van der Waals surface area contributed by atoms with Crippen LogP contribution in [0.25, 0.3) is 0 Å². The SMILES string of the molecule is COC(=O)CCCCCC(N)C(C)N. The lowest BCUT2D eigenvalue weighted by Gasteiger charge is -2.14. The Labute approximate surface area is 86.0 Å². The van der Waals surface area contributed by atoms with Gasteiger partial charge in [-0.15, -0.1) is 0 Å². The lowest BCUT2D eigenvalue weighted by molar-refractivity contribution is -0.140. The van der Waals surface area contributed by atoms with Gasteiger partial charge in [-0.2, -0.15) is 0 Å². The minimum atomic E-state index is -0.138. The summed E-state index contributed by atoms with van der Waals surface area (Å²) in [5.41, 5.74) is 11.4. The van der Waals surface area contributed by atoms with Gasteiger partial charge in [-0.05, 0) is 19.8 Å². The van der Waals surface area contributed by atoms with Gasteiger partial charge in [0.1, 0.15) is 0 Å². The Hall–Kier alpha value is -0.610. The summed E-state index contributed by atoms with van der Waals surface area (Å²) in [5.74, 6) is -0.138. The molecular weight excluding hydrogens is 180 g/mol. The minimum Gasteiger partial charge on any atom is -0.469 e. The second kappa shape index (κ2) is 7.76. The van der Waals surface area contributed by atoms with E-state index >= 15 is 0 Å². The summed E-state index contributed by atoms with van der Waals surface area (Å²) in [6.07, 6.45) is 4.34. The van der Waals surface area contributed by atoms with Crippen LogP contribution in [0.5, 0.6) is 0 Å². The van der Waals surface area contributed by atoms with Crippen LogP contribution < -0.4 is 11.5 Å². The van der Waals surface area contributed by atoms with Crippen molar-refractivity contribution in [3.8, 4) is 0 Å². The fraction of sp³-hybridized carbons (Fsp3) is 0.900. The molecular formula is C10H22N2O2. The maximum absolute atomic E-state index is 10.8. The third-order valence-corrected chi connectivity index (χ3v) is 2.32. The van der Waals surface area contributed by atoms with Crippen LogP contribution in [0.2, 0.25) is 0 Å². The molecule has 84 valence electrons. The Morgan fingerprint density at radius 3 is 2.43 bits per heavy atom. The average Bonchev–Trinajstić information content (AvgIpc) is 2.16. The van der Waals surface area contributed by atoms with E-state index in [4.69, 9.17) is 11.5 Å². The zero-order valence-corrected chi connectivity index (χ0v) is 9.16. The van der Waals surface area contributed by atoms with Gasteiger partial charge in [-0.25, -0.2) is 0 Å². The first kappa shape index (κ1) is 13.4. The number of ether oxygens (including phenoxy) is 1. The molecule has 0 heterocycles. The number of hydrogen-bond donors (Lipinski definition) is 2. The van der Waals surface area contributed by atoms with E-state index in [1.807, 2.05) is 6.92 Å². The maximum Gasteiger partial charge on any atom is 0.305 e. The zero-order valence-electron chi connectivity index (χ0n) is 9.16. The third kappa shape index (κ3) is 6.86. The second-order valence-electron chi connectivity index (χ2n) is 3.70. The molecule has 0 aliphatic heterocycles. The number of carbonyl (C=O) groups is 1. The first-order valence-electron chi connectivity index (χ1n) is 5.16. The standard InChI is InChI=1S/C10H22N2O2/c1-8(11)9(12)6-4-3-5-7-10(13)14-2/h8-9H,3-7,11-12H2,1-2H3. The molecule has 0 radical (unpaired) electrons. The molecule has 0 spiro atoms. The van der Waals surface area contributed by atoms with Gasteiger partial charge >= 0.3 is 5.97 Å². The highest BCUT2D eigenvalue weighted by atomic mass is 16.5. The summed E-state index contributed by atoms with van der Waals surface area (Å²) < 4.78 is 4.53. The molecule has 0 bridgehead atoms. The number of methoxy groups -OCH3 is 1. The highest BCUT2D eigenvalue weighted by molar-refractivity contribution is 5.68. The molecule has 4 N–H and O–H groups in total. The van der Waals surface area contributed by atoms with Crippen molar-refractivity contribution in [3.63, 3.8) is 0 Å². The molecule has 0 aliphatic carbocycles. The van der Waals surface area contributed by atoms with Crippen LogP contribution in [0.1, 0.15) is 39.0 Å². The van der Waals surface area contributed by atoms with Gasteiger partial charge in [0.05, 0.1) is 7.11 Å². The minimum absolute atomic E-state index is 0.0515. The van der Waals surface area contributed by atoms with Crippen LogP contribution in [0.3, 0.4) is 0 Å². The van der Waals surface area contributed by atoms with E-state index in [9.17, 15) is 4.79 Å². The summed E-state index contributed by atoms with van der Waals surface area (Å²) in [6, 6.07) is 0.128. The van der Waals surface area contributed by atoms with Gasteiger partial charge in [0.25, 0.3) is 0 Å². The number of hydrogen-bond acceptors (Lipinski definition) is 4. The van der Waals surface area contributed by atoms with Crippen LogP contribution in [0.15, 0.2) is 0 Å². The summed E-state index contributed by atoms with van der Waals surface area (Å²) in [7, 11) is 1.41. The number of rotatable bonds is 7. The van der Waals surface area contributed by atoms with Crippen LogP contribution in [-0.2, 0) is 9.53 Å². The van der Waals surface area contributed by atoms with E-state index in [-0.39, 0.29) is 18.1 Å². The van der Waals surface area contributed by atoms with E-state index in [1.54, 1.807) is 0 Å². The molecule has 0 saturated carbocycles. The molecule has 0 amide bonds. The van der Waals surface area contributed by atoms with Crippen LogP contribution in [0.4, 0.5) is 0 Å². The fourth-order valence-corrected chi connectivity index (χ4v) is 1.19. The van der Waals surface area contributed by atoms with Crippen molar-refractivity contribution in [2.24, 2.45) is 11.5 Å². The predicted molar refractivity (Wildman–Crippen MR) is 56.7 cm³/mol. The van der Waals surface area contributed by atoms with Gasteiger partial charge in [0.15, 0.2) is 0 Å². The van der Waals surface area contributed by atoms with Crippen molar-refractivity contribution in [1.29, 1.82) is 0 Å². The molecule has 0 aromatic carbocycles. The van der Waals surface area contributed by atoms with Crippen molar-refractivity contribution < 1.29 is 9.53 Å². The topological polar surface area (TPSA) is 78.3 Å². The summed E-state index contributed by atoms with van der Waals surface area (Å²) in [6.45, 7) is 1.92. The molecule has 14 heavy (non-hydrogen) atoms. The number of unbranched alkanes of at least 4 members (excludes halogenated alkanes) is 2. The number of esters is 1. The normalized spacial score (nSPS) is 14.9. The van der Waals surface area contributed by atoms with Crippen molar-refractivity contribution in [1.82, 2.24) is 0 Å². The summed E-state index contributed by atoms with van der Waals surface area (Å²) >= 11 is 0. The Morgan fingerprint density at radius 2 is 1.93 bits per heavy atom. The largest absolute Gasteiger partial charge is 0.469 e. The lowest BCUT2D eigenvalue weighted by atomic mass is 10.0. The van der Waals surface area contributed by atoms with Gasteiger partial charge in [-0.1, -0.05) is 12.8 Å². The Kier molecular flexibility index (Phi) is 7.42. The van der Waals surface area contributed by atoms with Gasteiger partial charge in [0.2, 0.25) is 0 Å². The smallest absolute Gasteiger partial charge is 0.305 e. The predicted octanol–water partition coefficient (Wildman–Crippen LogP) is 0.784. The summed E-state index contributed by atoms with van der Waals surface area (Å²) in [5, 5.41) is 0. The molecule has 0 aliphatic rings. The zero-order chi connectivity index (χ0) is 11.0. The molecule has 0 aromatic rings. The van der Waals surface area contributed by atoms with Crippen LogP contribution in [0, 0.1) is 0 Å². The Bertz CT molecular complexity index is 160. The third-order valence-electron chi connectivity index (χ3n) is 2.32. The highest BCUT2D eigenvalue weighted by Gasteiger charge is 2.07. The molecule has 2 unspecified atom stereocenters. The molecule has 0 aromatic heterocycles. The van der Waals surface area contributed by atoms with Crippen molar-refractivity contribution in [3.05, 3.63) is 0 Å². The lowest BCUT2D eigenvalue weighted by Crippen LogP contribution is -2.38. The molecule has 4 heteroatoms. The van der Waals surface area contributed by atoms with Crippen LogP contribution in [-0.4, -0.2) is 25.2 Å². The molecule has 2 atom stereocenters. The van der Waals surface area contributed by atoms with Crippen LogP contribution >= 0.6 is 0 Å². The monoisotopic (exact) mass is 202 g/mol. The quantitative estimate of drug-likeness (QED) is 0.472. The Balaban J connectivity index is 3.25. The van der Waals surface area contributed by atoms with E-state index in [0.717, 1.165) is 25.7 Å². The van der Waals surface area contributed by atoms with Crippen molar-refractivity contribution in [2.45, 2.75) is 51.1 Å². The van der Waals surface area contributed by atoms with E-state index in [0.29, 0.717) is 6.42 Å². The Morgan fingerprint density at radius 1 is 1.29 bits per heavy atom. The van der Waals surface area contributed by atoms with Crippen molar-refractivity contribution in [2.75, 3.05) is 7.11 Å². The molecule has 0 saturated heterocycles. The molecule has 0 fully saturated rings. The number of carbonyl (C=O) groups excluding carboxylic acids is 1. The first-order chi connectivity index (χ1) is 6.57.